The van der Waals surface area contributed by atoms with Crippen molar-refractivity contribution in [1.82, 2.24) is 0 Å². The van der Waals surface area contributed by atoms with Crippen molar-refractivity contribution in [3.8, 4) is 0 Å². The number of halogens is 1. The summed E-state index contributed by atoms with van der Waals surface area (Å²) in [5.41, 5.74) is -0.703. The molecule has 0 N–H and O–H groups in total. The first-order valence-electron chi connectivity index (χ1n) is 7.06. The Morgan fingerprint density at radius 2 is 1.68 bits per heavy atom. The number of hydrogen-bond donors (Lipinski definition) is 0. The molecule has 0 aromatic carbocycles. The fourth-order valence-electron chi connectivity index (χ4n) is 2.85. The van der Waals surface area contributed by atoms with Gasteiger partial charge in [0, 0.05) is 17.1 Å². The summed E-state index contributed by atoms with van der Waals surface area (Å²) in [6.45, 7) is 10.9. The molecule has 0 amide bonds. The van der Waals surface area contributed by atoms with E-state index < -0.39 is 15.1 Å². The Labute approximate surface area is 122 Å². The van der Waals surface area contributed by atoms with Gasteiger partial charge in [-0.15, -0.1) is 11.6 Å². The van der Waals surface area contributed by atoms with Gasteiger partial charge in [-0.3, -0.25) is 0 Å². The van der Waals surface area contributed by atoms with Gasteiger partial charge in [-0.1, -0.05) is 5.20 Å². The molecule has 0 atom stereocenters. The molecule has 0 saturated carbocycles. The fourth-order valence-corrected chi connectivity index (χ4v) is 5.51. The van der Waals surface area contributed by atoms with Crippen LogP contribution in [-0.4, -0.2) is 32.2 Å². The van der Waals surface area contributed by atoms with E-state index in [1.54, 1.807) is 0 Å². The Morgan fingerprint density at radius 3 is 2.16 bits per heavy atom. The molecule has 110 valence electrons. The van der Waals surface area contributed by atoms with E-state index in [1.807, 2.05) is 0 Å². The highest BCUT2D eigenvalue weighted by Gasteiger charge is 2.56. The van der Waals surface area contributed by atoms with Crippen molar-refractivity contribution < 1.29 is 13.7 Å². The molecule has 6 heteroatoms. The second kappa shape index (κ2) is 4.60. The van der Waals surface area contributed by atoms with Gasteiger partial charge >= 0.3 is 6.75 Å². The van der Waals surface area contributed by atoms with Gasteiger partial charge < -0.3 is 13.7 Å². The molecule has 2 aliphatic rings. The second-order valence-corrected chi connectivity index (χ2v) is 11.3. The van der Waals surface area contributed by atoms with Crippen LogP contribution in [-0.2, 0) is 13.7 Å². The van der Waals surface area contributed by atoms with Crippen LogP contribution in [0, 0.1) is 0 Å². The van der Waals surface area contributed by atoms with Crippen molar-refractivity contribution in [3.05, 3.63) is 11.2 Å². The molecule has 0 aliphatic carbocycles. The van der Waals surface area contributed by atoms with Crippen molar-refractivity contribution in [2.75, 3.05) is 5.88 Å². The van der Waals surface area contributed by atoms with E-state index in [2.05, 4.69) is 46.8 Å². The van der Waals surface area contributed by atoms with Crippen LogP contribution < -0.4 is 0 Å². The highest BCUT2D eigenvalue weighted by Crippen LogP contribution is 2.47. The Bertz CT molecular complexity index is 391. The van der Waals surface area contributed by atoms with Crippen molar-refractivity contribution in [2.45, 2.75) is 64.8 Å². The summed E-state index contributed by atoms with van der Waals surface area (Å²) in [5, 5.41) is 1.36. The minimum Gasteiger partial charge on any atom is -0.583 e. The molecular weight excluding hydrogens is 278 g/mol. The van der Waals surface area contributed by atoms with Crippen LogP contribution in [0.4, 0.5) is 0 Å². The second-order valence-electron chi connectivity index (χ2n) is 7.07. The van der Waals surface area contributed by atoms with Crippen LogP contribution in [0.1, 0.15) is 40.5 Å². The van der Waals surface area contributed by atoms with Crippen molar-refractivity contribution in [1.29, 1.82) is 0 Å². The monoisotopic (exact) mass is 303 g/mol. The third kappa shape index (κ3) is 2.68. The van der Waals surface area contributed by atoms with E-state index in [1.165, 1.54) is 5.20 Å². The molecular formula is C13H25BClO3Si-. The molecule has 0 aromatic rings. The average molecular weight is 304 g/mol. The van der Waals surface area contributed by atoms with E-state index in [0.29, 0.717) is 5.88 Å². The quantitative estimate of drug-likeness (QED) is 0.586. The van der Waals surface area contributed by atoms with E-state index in [-0.39, 0.29) is 11.2 Å². The van der Waals surface area contributed by atoms with E-state index in [9.17, 15) is 0 Å². The van der Waals surface area contributed by atoms with Crippen LogP contribution in [0.5, 0.6) is 0 Å². The van der Waals surface area contributed by atoms with Gasteiger partial charge in [0.05, 0.1) is 0 Å². The Kier molecular flexibility index (Phi) is 3.77. The zero-order chi connectivity index (χ0) is 14.5. The van der Waals surface area contributed by atoms with Gasteiger partial charge in [0.15, 0.2) is 8.32 Å². The van der Waals surface area contributed by atoms with Gasteiger partial charge in [0.25, 0.3) is 0 Å². The molecule has 2 aliphatic heterocycles. The number of hydrogen-bond acceptors (Lipinski definition) is 3. The van der Waals surface area contributed by atoms with Crippen LogP contribution in [0.15, 0.2) is 11.2 Å². The van der Waals surface area contributed by atoms with Gasteiger partial charge in [-0.05, 0) is 53.6 Å². The van der Waals surface area contributed by atoms with Crippen LogP contribution in [0.25, 0.3) is 0 Å². The van der Waals surface area contributed by atoms with Gasteiger partial charge in [0.2, 0.25) is 0 Å². The molecule has 1 spiro atoms. The number of rotatable bonds is 3. The van der Waals surface area contributed by atoms with E-state index >= 15 is 0 Å². The van der Waals surface area contributed by atoms with Gasteiger partial charge in [-0.2, -0.15) is 5.98 Å². The Morgan fingerprint density at radius 1 is 1.16 bits per heavy atom. The van der Waals surface area contributed by atoms with Crippen molar-refractivity contribution in [2.24, 2.45) is 0 Å². The van der Waals surface area contributed by atoms with Crippen LogP contribution >= 0.6 is 11.6 Å². The molecule has 0 aromatic heterocycles. The summed E-state index contributed by atoms with van der Waals surface area (Å²) < 4.78 is 18.7. The van der Waals surface area contributed by atoms with Gasteiger partial charge in [-0.25, -0.2) is 0 Å². The minimum absolute atomic E-state index is 0.351. The molecule has 0 radical (unpaired) electrons. The largest absolute Gasteiger partial charge is 0.583 e. The summed E-state index contributed by atoms with van der Waals surface area (Å²) in [6, 6.07) is 0. The van der Waals surface area contributed by atoms with Crippen LogP contribution in [0.3, 0.4) is 0 Å². The summed E-state index contributed by atoms with van der Waals surface area (Å²) in [7, 11) is -1.89. The summed E-state index contributed by atoms with van der Waals surface area (Å²) in [5.74, 6) is 2.80. The normalized spacial score (nSPS) is 29.7. The lowest BCUT2D eigenvalue weighted by Gasteiger charge is -2.36. The minimum atomic E-state index is -1.89. The zero-order valence-electron chi connectivity index (χ0n) is 12.9. The fraction of sp³-hybridized carbons (Fsp3) is 0.846. The van der Waals surface area contributed by atoms with Gasteiger partial charge in [0.1, 0.15) is 0 Å². The molecule has 19 heavy (non-hydrogen) atoms. The topological polar surface area (TPSA) is 27.7 Å². The molecule has 3 nitrogen and oxygen atoms in total. The molecule has 2 heterocycles. The maximum absolute atomic E-state index is 6.30. The lowest BCUT2D eigenvalue weighted by molar-refractivity contribution is 0.00578. The summed E-state index contributed by atoms with van der Waals surface area (Å²) in [6.07, 6.45) is 1.96. The smallest absolute Gasteiger partial charge is 0.393 e. The maximum atomic E-state index is 6.30. The molecule has 0 bridgehead atoms. The molecule has 1 fully saturated rings. The van der Waals surface area contributed by atoms with E-state index in [4.69, 9.17) is 25.3 Å². The maximum Gasteiger partial charge on any atom is 0.393 e. The lowest BCUT2D eigenvalue weighted by atomic mass is 9.78. The predicted molar refractivity (Wildman–Crippen MR) is 82.7 cm³/mol. The number of alkyl halides is 1. The first-order valence-corrected chi connectivity index (χ1v) is 10.5. The zero-order valence-corrected chi connectivity index (χ0v) is 14.6. The summed E-state index contributed by atoms with van der Waals surface area (Å²) in [4.78, 5) is 0. The van der Waals surface area contributed by atoms with E-state index in [0.717, 1.165) is 12.8 Å². The van der Waals surface area contributed by atoms with Crippen molar-refractivity contribution in [3.63, 3.8) is 0 Å². The van der Waals surface area contributed by atoms with Crippen LogP contribution in [0.2, 0.25) is 13.1 Å². The molecule has 1 saturated heterocycles. The Hall–Kier alpha value is 0.192. The average Bonchev–Trinajstić information content (AvgIpc) is 2.52. The third-order valence-corrected chi connectivity index (χ3v) is 7.73. The predicted octanol–water partition coefficient (Wildman–Crippen LogP) is 3.79. The number of allylic oxidation sites excluding steroid dienone is 1. The lowest BCUT2D eigenvalue weighted by Crippen LogP contribution is -2.44. The Balaban J connectivity index is 2.26. The highest BCUT2D eigenvalue weighted by atomic mass is 35.5. The first kappa shape index (κ1) is 15.6. The highest BCUT2D eigenvalue weighted by molar-refractivity contribution is 6.92. The molecule has 2 rings (SSSR count). The summed E-state index contributed by atoms with van der Waals surface area (Å²) >= 11 is 5.80. The molecule has 0 unspecified atom stereocenters. The van der Waals surface area contributed by atoms with Crippen molar-refractivity contribution >= 4 is 26.7 Å². The standard InChI is InChI=1S/C13H25BClO3Si/c1-12(2)13(3,4)17-14(16-12)10-11(8-7-9-15)19(5,6)18-14/h10H,7-9H2,1-6H3/q-1. The SMILES string of the molecule is CC1(C)O[B-]2(C=C(CCCCl)[Si](C)(C)O2)OC1(C)C. The third-order valence-electron chi connectivity index (χ3n) is 4.58. The first-order chi connectivity index (χ1) is 8.54.